The Balaban J connectivity index is 2.10. The summed E-state index contributed by atoms with van der Waals surface area (Å²) in [5.74, 6) is -0.711. The molecule has 1 saturated heterocycles. The summed E-state index contributed by atoms with van der Waals surface area (Å²) in [6.07, 6.45) is -0.0884. The van der Waals surface area contributed by atoms with Crippen LogP contribution in [0.2, 0.25) is 0 Å². The van der Waals surface area contributed by atoms with Crippen molar-refractivity contribution in [2.45, 2.75) is 13.3 Å². The van der Waals surface area contributed by atoms with E-state index in [0.717, 1.165) is 6.54 Å². The summed E-state index contributed by atoms with van der Waals surface area (Å²) >= 11 is 0. The monoisotopic (exact) mass is 262 g/mol. The van der Waals surface area contributed by atoms with E-state index in [-0.39, 0.29) is 18.2 Å². The van der Waals surface area contributed by atoms with E-state index in [1.807, 2.05) is 6.92 Å². The largest absolute Gasteiger partial charge is 0.481 e. The van der Waals surface area contributed by atoms with Crippen molar-refractivity contribution in [2.24, 2.45) is 11.8 Å². The lowest BCUT2D eigenvalue weighted by Crippen LogP contribution is -2.28. The Morgan fingerprint density at radius 2 is 2.11 bits per heavy atom. The number of carbonyl (C=O) groups is 2. The number of rotatable bonds is 4. The number of carboxylic acids is 1. The van der Waals surface area contributed by atoms with Crippen LogP contribution in [0.5, 0.6) is 0 Å². The maximum Gasteiger partial charge on any atom is 0.307 e. The molecule has 0 radical (unpaired) electrons. The molecule has 1 amide bonds. The number of carbonyl (C=O) groups excluding carboxylic acids is 1. The first kappa shape index (κ1) is 13.5. The van der Waals surface area contributed by atoms with Crippen LogP contribution < -0.4 is 10.6 Å². The molecule has 1 aliphatic heterocycles. The molecule has 0 bridgehead atoms. The number of hydrogen-bond acceptors (Lipinski definition) is 3. The summed E-state index contributed by atoms with van der Waals surface area (Å²) in [5.41, 5.74) is 1.22. The Labute approximate surface area is 112 Å². The van der Waals surface area contributed by atoms with Crippen molar-refractivity contribution in [1.82, 2.24) is 5.32 Å². The highest BCUT2D eigenvalue weighted by Crippen LogP contribution is 2.21. The van der Waals surface area contributed by atoms with Gasteiger partial charge in [-0.15, -0.1) is 0 Å². The summed E-state index contributed by atoms with van der Waals surface area (Å²) in [4.78, 5) is 23.0. The van der Waals surface area contributed by atoms with Gasteiger partial charge in [-0.3, -0.25) is 9.59 Å². The molecule has 1 fully saturated rings. The van der Waals surface area contributed by atoms with Gasteiger partial charge in [0.25, 0.3) is 0 Å². The van der Waals surface area contributed by atoms with E-state index in [0.29, 0.717) is 23.7 Å². The predicted octanol–water partition coefficient (Wildman–Crippen LogP) is 1.11. The number of nitrogens with one attached hydrogen (secondary N) is 2. The Morgan fingerprint density at radius 1 is 1.37 bits per heavy atom. The van der Waals surface area contributed by atoms with E-state index < -0.39 is 5.97 Å². The topological polar surface area (TPSA) is 78.4 Å². The van der Waals surface area contributed by atoms with Crippen LogP contribution >= 0.6 is 0 Å². The van der Waals surface area contributed by atoms with Crippen LogP contribution in [0.15, 0.2) is 24.3 Å². The van der Waals surface area contributed by atoms with Gasteiger partial charge in [-0.2, -0.15) is 0 Å². The second-order valence-corrected chi connectivity index (χ2v) is 4.96. The summed E-state index contributed by atoms with van der Waals surface area (Å²) in [5, 5.41) is 14.9. The van der Waals surface area contributed by atoms with Gasteiger partial charge in [0, 0.05) is 12.2 Å². The highest BCUT2D eigenvalue weighted by molar-refractivity contribution is 5.94. The highest BCUT2D eigenvalue weighted by Gasteiger charge is 2.29. The highest BCUT2D eigenvalue weighted by atomic mass is 16.4. The standard InChI is InChI=1S/C14H18N2O3/c1-9-7-15-8-11(9)14(19)16-12-5-3-2-4-10(12)6-13(17)18/h2-5,9,11,15H,6-8H2,1H3,(H,16,19)(H,17,18). The van der Waals surface area contributed by atoms with Gasteiger partial charge in [0.1, 0.15) is 0 Å². The van der Waals surface area contributed by atoms with Gasteiger partial charge in [-0.25, -0.2) is 0 Å². The number of amides is 1. The van der Waals surface area contributed by atoms with Gasteiger partial charge in [-0.1, -0.05) is 25.1 Å². The fraction of sp³-hybridized carbons (Fsp3) is 0.429. The van der Waals surface area contributed by atoms with Crippen molar-refractivity contribution in [3.63, 3.8) is 0 Å². The molecule has 2 unspecified atom stereocenters. The number of carboxylic acid groups (broad SMARTS) is 1. The predicted molar refractivity (Wildman–Crippen MR) is 71.9 cm³/mol. The molecule has 19 heavy (non-hydrogen) atoms. The lowest BCUT2D eigenvalue weighted by atomic mass is 9.97. The molecule has 1 aromatic rings. The normalized spacial score (nSPS) is 22.2. The summed E-state index contributed by atoms with van der Waals surface area (Å²) in [6, 6.07) is 7.02. The molecule has 2 rings (SSSR count). The first-order valence-electron chi connectivity index (χ1n) is 6.39. The summed E-state index contributed by atoms with van der Waals surface area (Å²) < 4.78 is 0. The van der Waals surface area contributed by atoms with E-state index in [9.17, 15) is 9.59 Å². The average Bonchev–Trinajstić information content (AvgIpc) is 2.77. The third-order valence-electron chi connectivity index (χ3n) is 3.47. The van der Waals surface area contributed by atoms with Crippen molar-refractivity contribution in [1.29, 1.82) is 0 Å². The van der Waals surface area contributed by atoms with Gasteiger partial charge in [0.2, 0.25) is 5.91 Å². The number of para-hydroxylation sites is 1. The molecule has 1 aromatic carbocycles. The third kappa shape index (κ3) is 3.32. The van der Waals surface area contributed by atoms with Crippen molar-refractivity contribution in [2.75, 3.05) is 18.4 Å². The lowest BCUT2D eigenvalue weighted by Gasteiger charge is -2.16. The van der Waals surface area contributed by atoms with Gasteiger partial charge < -0.3 is 15.7 Å². The number of hydrogen-bond donors (Lipinski definition) is 3. The molecule has 5 nitrogen and oxygen atoms in total. The Hall–Kier alpha value is -1.88. The molecule has 0 aliphatic carbocycles. The van der Waals surface area contributed by atoms with Crippen LogP contribution in [0.25, 0.3) is 0 Å². The summed E-state index contributed by atoms with van der Waals surface area (Å²) in [6.45, 7) is 3.55. The maximum atomic E-state index is 12.2. The van der Waals surface area contributed by atoms with Gasteiger partial charge in [-0.05, 0) is 24.1 Å². The molecule has 1 heterocycles. The van der Waals surface area contributed by atoms with Gasteiger partial charge in [0.05, 0.1) is 12.3 Å². The third-order valence-corrected chi connectivity index (χ3v) is 3.47. The Kier molecular flexibility index (Phi) is 4.16. The van der Waals surface area contributed by atoms with Crippen LogP contribution in [0.4, 0.5) is 5.69 Å². The fourth-order valence-electron chi connectivity index (χ4n) is 2.35. The van der Waals surface area contributed by atoms with Crippen LogP contribution in [0.3, 0.4) is 0 Å². The molecular formula is C14H18N2O3. The molecule has 0 spiro atoms. The fourth-order valence-corrected chi connectivity index (χ4v) is 2.35. The molecule has 0 aromatic heterocycles. The van der Waals surface area contributed by atoms with Gasteiger partial charge in [0.15, 0.2) is 0 Å². The van der Waals surface area contributed by atoms with E-state index >= 15 is 0 Å². The minimum atomic E-state index is -0.905. The molecule has 2 atom stereocenters. The van der Waals surface area contributed by atoms with E-state index in [1.165, 1.54) is 0 Å². The molecular weight excluding hydrogens is 244 g/mol. The average molecular weight is 262 g/mol. The molecule has 0 saturated carbocycles. The van der Waals surface area contributed by atoms with Crippen LogP contribution in [-0.2, 0) is 16.0 Å². The minimum Gasteiger partial charge on any atom is -0.481 e. The lowest BCUT2D eigenvalue weighted by molar-refractivity contribution is -0.136. The van der Waals surface area contributed by atoms with Crippen LogP contribution in [-0.4, -0.2) is 30.1 Å². The van der Waals surface area contributed by atoms with Crippen molar-refractivity contribution in [3.05, 3.63) is 29.8 Å². The first-order valence-corrected chi connectivity index (χ1v) is 6.39. The smallest absolute Gasteiger partial charge is 0.307 e. The zero-order valence-corrected chi connectivity index (χ0v) is 10.8. The minimum absolute atomic E-state index is 0.0460. The number of aliphatic carboxylic acids is 1. The van der Waals surface area contributed by atoms with Crippen molar-refractivity contribution >= 4 is 17.6 Å². The summed E-state index contributed by atoms with van der Waals surface area (Å²) in [7, 11) is 0. The van der Waals surface area contributed by atoms with Crippen molar-refractivity contribution in [3.8, 4) is 0 Å². The van der Waals surface area contributed by atoms with E-state index in [2.05, 4.69) is 10.6 Å². The SMILES string of the molecule is CC1CNCC1C(=O)Nc1ccccc1CC(=O)O. The van der Waals surface area contributed by atoms with E-state index in [4.69, 9.17) is 5.11 Å². The maximum absolute atomic E-state index is 12.2. The quantitative estimate of drug-likeness (QED) is 0.759. The molecule has 3 N–H and O–H groups in total. The Morgan fingerprint density at radius 3 is 2.74 bits per heavy atom. The number of benzene rings is 1. The molecule has 1 aliphatic rings. The zero-order valence-electron chi connectivity index (χ0n) is 10.8. The molecule has 102 valence electrons. The zero-order chi connectivity index (χ0) is 13.8. The molecule has 5 heteroatoms. The first-order chi connectivity index (χ1) is 9.08. The second-order valence-electron chi connectivity index (χ2n) is 4.96. The second kappa shape index (κ2) is 5.84. The van der Waals surface area contributed by atoms with E-state index in [1.54, 1.807) is 24.3 Å². The Bertz CT molecular complexity index is 487. The van der Waals surface area contributed by atoms with Crippen molar-refractivity contribution < 1.29 is 14.7 Å². The number of anilines is 1. The van der Waals surface area contributed by atoms with Gasteiger partial charge >= 0.3 is 5.97 Å². The van der Waals surface area contributed by atoms with Crippen LogP contribution in [0, 0.1) is 11.8 Å². The van der Waals surface area contributed by atoms with Crippen LogP contribution in [0.1, 0.15) is 12.5 Å².